The van der Waals surface area contributed by atoms with Gasteiger partial charge in [-0.15, -0.1) is 0 Å². The lowest BCUT2D eigenvalue weighted by molar-refractivity contribution is -0.130. The minimum atomic E-state index is 0.103. The average molecular weight is 428 g/mol. The van der Waals surface area contributed by atoms with Crippen molar-refractivity contribution in [2.24, 2.45) is 0 Å². The minimum absolute atomic E-state index is 0.103. The number of aromatic nitrogens is 2. The molecule has 0 atom stereocenters. The van der Waals surface area contributed by atoms with E-state index >= 15 is 0 Å². The Hall–Kier alpha value is -2.32. The number of nitrogens with one attached hydrogen (secondary N) is 1. The molecule has 2 amide bonds. The van der Waals surface area contributed by atoms with Crippen LogP contribution in [0, 0.1) is 13.8 Å². The zero-order chi connectivity index (χ0) is 21.1. The van der Waals surface area contributed by atoms with Crippen molar-refractivity contribution in [1.82, 2.24) is 24.7 Å². The molecule has 1 aromatic carbocycles. The van der Waals surface area contributed by atoms with Crippen molar-refractivity contribution in [3.8, 4) is 5.69 Å². The molecule has 1 aliphatic heterocycles. The Morgan fingerprint density at radius 2 is 1.80 bits per heavy atom. The van der Waals surface area contributed by atoms with Gasteiger partial charge in [-0.3, -0.25) is 19.1 Å². The summed E-state index contributed by atoms with van der Waals surface area (Å²) in [5.74, 6) is 0.590. The van der Waals surface area contributed by atoms with E-state index in [4.69, 9.17) is 0 Å². The lowest BCUT2D eigenvalue weighted by Gasteiger charge is -2.34. The molecule has 0 bridgehead atoms. The number of nitrogens with zero attached hydrogens (tertiary/aromatic N) is 4. The minimum Gasteiger partial charge on any atom is -0.352 e. The quantitative estimate of drug-likeness (QED) is 0.685. The highest BCUT2D eigenvalue weighted by atomic mass is 32.2. The SMILES string of the molecule is Cc1cc(C)cc(-n2ccnc2SCC(=O)N2CCN(CC(=O)NC3CC3)CC2)c1. The van der Waals surface area contributed by atoms with Gasteiger partial charge in [-0.05, 0) is 49.9 Å². The Bertz CT molecular complexity index is 896. The number of benzene rings is 1. The molecule has 0 spiro atoms. The smallest absolute Gasteiger partial charge is 0.234 e. The first kappa shape index (κ1) is 20.9. The Morgan fingerprint density at radius 1 is 1.10 bits per heavy atom. The molecule has 2 fully saturated rings. The number of imidazole rings is 1. The summed E-state index contributed by atoms with van der Waals surface area (Å²) >= 11 is 1.47. The molecule has 2 aliphatic rings. The van der Waals surface area contributed by atoms with Crippen molar-refractivity contribution in [3.05, 3.63) is 41.7 Å². The summed E-state index contributed by atoms with van der Waals surface area (Å²) in [5.41, 5.74) is 3.47. The predicted octanol–water partition coefficient (Wildman–Crippen LogP) is 2.00. The standard InChI is InChI=1S/C22H29N5O2S/c1-16-11-17(2)13-19(12-16)27-6-5-23-22(27)30-15-21(29)26-9-7-25(8-10-26)14-20(28)24-18-3-4-18/h5-6,11-13,18H,3-4,7-10,14-15H2,1-2H3,(H,24,28). The molecule has 1 aliphatic carbocycles. The zero-order valence-electron chi connectivity index (χ0n) is 17.6. The Kier molecular flexibility index (Phi) is 6.43. The van der Waals surface area contributed by atoms with Crippen LogP contribution in [0.5, 0.6) is 0 Å². The molecular weight excluding hydrogens is 398 g/mol. The second-order valence-corrected chi connectivity index (χ2v) is 9.16. The lowest BCUT2D eigenvalue weighted by Crippen LogP contribution is -2.51. The molecule has 30 heavy (non-hydrogen) atoms. The third-order valence-corrected chi connectivity index (χ3v) is 6.40. The van der Waals surface area contributed by atoms with Crippen LogP contribution in [0.4, 0.5) is 0 Å². The molecule has 0 unspecified atom stereocenters. The molecule has 8 heteroatoms. The summed E-state index contributed by atoms with van der Waals surface area (Å²) in [6.45, 7) is 7.42. The maximum Gasteiger partial charge on any atom is 0.234 e. The zero-order valence-corrected chi connectivity index (χ0v) is 18.5. The summed E-state index contributed by atoms with van der Waals surface area (Å²) in [6.07, 6.45) is 5.92. The van der Waals surface area contributed by atoms with Gasteiger partial charge in [0.2, 0.25) is 11.8 Å². The molecule has 1 saturated heterocycles. The van der Waals surface area contributed by atoms with Crippen LogP contribution in [0.1, 0.15) is 24.0 Å². The van der Waals surface area contributed by atoms with E-state index in [1.54, 1.807) is 6.20 Å². The maximum atomic E-state index is 12.7. The maximum absolute atomic E-state index is 12.7. The highest BCUT2D eigenvalue weighted by Gasteiger charge is 2.26. The predicted molar refractivity (Wildman–Crippen MR) is 118 cm³/mol. The van der Waals surface area contributed by atoms with E-state index in [0.29, 0.717) is 31.4 Å². The number of amides is 2. The van der Waals surface area contributed by atoms with Gasteiger partial charge in [-0.1, -0.05) is 17.8 Å². The van der Waals surface area contributed by atoms with E-state index in [0.717, 1.165) is 36.8 Å². The van der Waals surface area contributed by atoms with Gasteiger partial charge in [0.05, 0.1) is 12.3 Å². The van der Waals surface area contributed by atoms with Gasteiger partial charge in [0.15, 0.2) is 5.16 Å². The molecule has 0 radical (unpaired) electrons. The molecular formula is C22H29N5O2S. The van der Waals surface area contributed by atoms with Crippen molar-refractivity contribution < 1.29 is 9.59 Å². The first-order valence-corrected chi connectivity index (χ1v) is 11.5. The van der Waals surface area contributed by atoms with Gasteiger partial charge in [-0.2, -0.15) is 0 Å². The van der Waals surface area contributed by atoms with Crippen LogP contribution in [-0.4, -0.2) is 75.7 Å². The average Bonchev–Trinajstić information content (AvgIpc) is 3.38. The molecule has 7 nitrogen and oxygen atoms in total. The van der Waals surface area contributed by atoms with E-state index in [1.807, 2.05) is 15.7 Å². The number of hydrogen-bond donors (Lipinski definition) is 1. The fraction of sp³-hybridized carbons (Fsp3) is 0.500. The molecule has 4 rings (SSSR count). The molecule has 1 aromatic heterocycles. The van der Waals surface area contributed by atoms with Crippen molar-refractivity contribution >= 4 is 23.6 Å². The monoisotopic (exact) mass is 427 g/mol. The van der Waals surface area contributed by atoms with Crippen LogP contribution in [-0.2, 0) is 9.59 Å². The number of carbonyl (C=O) groups excluding carboxylic acids is 2. The Morgan fingerprint density at radius 3 is 2.47 bits per heavy atom. The Labute approximate surface area is 181 Å². The first-order chi connectivity index (χ1) is 14.5. The van der Waals surface area contributed by atoms with Crippen LogP contribution in [0.3, 0.4) is 0 Å². The van der Waals surface area contributed by atoms with Gasteiger partial charge in [0.1, 0.15) is 0 Å². The molecule has 160 valence electrons. The summed E-state index contributed by atoms with van der Waals surface area (Å²) in [5, 5.41) is 3.85. The van der Waals surface area contributed by atoms with Crippen LogP contribution >= 0.6 is 11.8 Å². The highest BCUT2D eigenvalue weighted by Crippen LogP contribution is 2.23. The molecule has 2 aromatic rings. The van der Waals surface area contributed by atoms with Gasteiger partial charge >= 0.3 is 0 Å². The topological polar surface area (TPSA) is 70.5 Å². The fourth-order valence-electron chi connectivity index (χ4n) is 3.76. The number of thioether (sulfide) groups is 1. The van der Waals surface area contributed by atoms with Crippen molar-refractivity contribution in [3.63, 3.8) is 0 Å². The molecule has 2 heterocycles. The normalized spacial score (nSPS) is 17.2. The second-order valence-electron chi connectivity index (χ2n) is 8.21. The third kappa shape index (κ3) is 5.43. The van der Waals surface area contributed by atoms with Crippen molar-refractivity contribution in [2.75, 3.05) is 38.5 Å². The van der Waals surface area contributed by atoms with Gasteiger partial charge in [0, 0.05) is 50.3 Å². The molecule has 1 N–H and O–H groups in total. The van der Waals surface area contributed by atoms with Gasteiger partial charge < -0.3 is 10.2 Å². The number of aryl methyl sites for hydroxylation is 2. The summed E-state index contributed by atoms with van der Waals surface area (Å²) in [7, 11) is 0. The van der Waals surface area contributed by atoms with E-state index < -0.39 is 0 Å². The Balaban J connectivity index is 1.26. The number of piperazine rings is 1. The summed E-state index contributed by atoms with van der Waals surface area (Å²) in [4.78, 5) is 33.1. The fourth-order valence-corrected chi connectivity index (χ4v) is 4.64. The van der Waals surface area contributed by atoms with E-state index in [-0.39, 0.29) is 11.8 Å². The number of hydrogen-bond acceptors (Lipinski definition) is 5. The van der Waals surface area contributed by atoms with Gasteiger partial charge in [-0.25, -0.2) is 4.98 Å². The lowest BCUT2D eigenvalue weighted by atomic mass is 10.1. The van der Waals surface area contributed by atoms with Crippen molar-refractivity contribution in [2.45, 2.75) is 37.9 Å². The summed E-state index contributed by atoms with van der Waals surface area (Å²) < 4.78 is 2.04. The van der Waals surface area contributed by atoms with Crippen LogP contribution < -0.4 is 5.32 Å². The van der Waals surface area contributed by atoms with Gasteiger partial charge in [0.25, 0.3) is 0 Å². The second kappa shape index (κ2) is 9.22. The van der Waals surface area contributed by atoms with Crippen molar-refractivity contribution in [1.29, 1.82) is 0 Å². The van der Waals surface area contributed by atoms with Crippen LogP contribution in [0.15, 0.2) is 35.7 Å². The highest BCUT2D eigenvalue weighted by molar-refractivity contribution is 7.99. The van der Waals surface area contributed by atoms with E-state index in [1.165, 1.54) is 22.9 Å². The van der Waals surface area contributed by atoms with Crippen LogP contribution in [0.2, 0.25) is 0 Å². The molecule has 1 saturated carbocycles. The van der Waals surface area contributed by atoms with Crippen LogP contribution in [0.25, 0.3) is 5.69 Å². The largest absolute Gasteiger partial charge is 0.352 e. The number of rotatable bonds is 7. The first-order valence-electron chi connectivity index (χ1n) is 10.5. The third-order valence-electron chi connectivity index (χ3n) is 5.45. The summed E-state index contributed by atoms with van der Waals surface area (Å²) in [6, 6.07) is 6.79. The number of carbonyl (C=O) groups is 2. The van der Waals surface area contributed by atoms with E-state index in [2.05, 4.69) is 47.2 Å². The van der Waals surface area contributed by atoms with E-state index in [9.17, 15) is 9.59 Å².